The van der Waals surface area contributed by atoms with Crippen molar-refractivity contribution in [1.82, 2.24) is 0 Å². The number of hydrogen-bond acceptors (Lipinski definition) is 3. The van der Waals surface area contributed by atoms with Gasteiger partial charge in [0.2, 0.25) is 0 Å². The van der Waals surface area contributed by atoms with Crippen LogP contribution in [0.4, 0.5) is 0 Å². The van der Waals surface area contributed by atoms with Crippen LogP contribution in [0.5, 0.6) is 0 Å². The summed E-state index contributed by atoms with van der Waals surface area (Å²) in [6.45, 7) is 0. The zero-order valence-electron chi connectivity index (χ0n) is 4.18. The highest BCUT2D eigenvalue weighted by atomic mass is 32.2. The topological polar surface area (TPSA) is 12.4 Å². The molecule has 0 saturated carbocycles. The second kappa shape index (κ2) is 2.62. The van der Waals surface area contributed by atoms with Crippen LogP contribution in [-0.2, 0) is 0 Å². The van der Waals surface area contributed by atoms with Crippen LogP contribution in [-0.4, -0.2) is 17.1 Å². The SMILES string of the molecule is CSC1=NSCC1. The first kappa shape index (κ1) is 5.51. The molecular formula is C4H7NS2. The average molecular weight is 133 g/mol. The second-order valence-electron chi connectivity index (χ2n) is 1.27. The van der Waals surface area contributed by atoms with Crippen LogP contribution in [0.2, 0.25) is 0 Å². The summed E-state index contributed by atoms with van der Waals surface area (Å²) in [7, 11) is 0. The van der Waals surface area contributed by atoms with Gasteiger partial charge in [-0.15, -0.1) is 11.8 Å². The van der Waals surface area contributed by atoms with Crippen molar-refractivity contribution in [3.63, 3.8) is 0 Å². The summed E-state index contributed by atoms with van der Waals surface area (Å²) in [4.78, 5) is 0. The van der Waals surface area contributed by atoms with Crippen molar-refractivity contribution >= 4 is 28.8 Å². The van der Waals surface area contributed by atoms with Gasteiger partial charge in [0.15, 0.2) is 0 Å². The molecular weight excluding hydrogens is 126 g/mol. The fourth-order valence-corrected chi connectivity index (χ4v) is 1.94. The summed E-state index contributed by atoms with van der Waals surface area (Å²) >= 11 is 3.44. The normalized spacial score (nSPS) is 19.9. The van der Waals surface area contributed by atoms with Gasteiger partial charge >= 0.3 is 0 Å². The summed E-state index contributed by atoms with van der Waals surface area (Å²) in [5.41, 5.74) is 0. The summed E-state index contributed by atoms with van der Waals surface area (Å²) in [6, 6.07) is 0. The van der Waals surface area contributed by atoms with Gasteiger partial charge in [-0.3, -0.25) is 0 Å². The molecule has 0 aromatic carbocycles. The molecule has 1 nitrogen and oxygen atoms in total. The Morgan fingerprint density at radius 3 is 3.00 bits per heavy atom. The molecule has 1 heterocycles. The van der Waals surface area contributed by atoms with Crippen molar-refractivity contribution in [2.24, 2.45) is 4.40 Å². The van der Waals surface area contributed by atoms with Crippen LogP contribution in [0, 0.1) is 0 Å². The Balaban J connectivity index is 2.36. The van der Waals surface area contributed by atoms with Gasteiger partial charge in [0, 0.05) is 12.2 Å². The Bertz CT molecular complexity index is 89.7. The molecule has 0 aliphatic carbocycles. The lowest BCUT2D eigenvalue weighted by molar-refractivity contribution is 1.38. The van der Waals surface area contributed by atoms with E-state index in [0.29, 0.717) is 0 Å². The Kier molecular flexibility index (Phi) is 2.06. The van der Waals surface area contributed by atoms with Crippen molar-refractivity contribution in [3.05, 3.63) is 0 Å². The zero-order chi connectivity index (χ0) is 5.11. The van der Waals surface area contributed by atoms with Gasteiger partial charge in [0.1, 0.15) is 0 Å². The maximum absolute atomic E-state index is 4.15. The zero-order valence-corrected chi connectivity index (χ0v) is 5.81. The minimum absolute atomic E-state index is 1.19. The van der Waals surface area contributed by atoms with E-state index in [-0.39, 0.29) is 0 Å². The summed E-state index contributed by atoms with van der Waals surface area (Å²) in [6.07, 6.45) is 3.26. The van der Waals surface area contributed by atoms with Crippen LogP contribution >= 0.6 is 23.7 Å². The predicted octanol–water partition coefficient (Wildman–Crippen LogP) is 1.80. The van der Waals surface area contributed by atoms with Gasteiger partial charge in [0.25, 0.3) is 0 Å². The van der Waals surface area contributed by atoms with E-state index in [2.05, 4.69) is 10.7 Å². The fourth-order valence-electron chi connectivity index (χ4n) is 0.436. The molecule has 0 bridgehead atoms. The molecule has 40 valence electrons. The highest BCUT2D eigenvalue weighted by molar-refractivity contribution is 8.14. The quantitative estimate of drug-likeness (QED) is 0.467. The van der Waals surface area contributed by atoms with Gasteiger partial charge in [-0.1, -0.05) is 0 Å². The van der Waals surface area contributed by atoms with Gasteiger partial charge < -0.3 is 0 Å². The van der Waals surface area contributed by atoms with E-state index in [1.54, 1.807) is 23.7 Å². The Morgan fingerprint density at radius 2 is 2.71 bits per heavy atom. The molecule has 0 amide bonds. The monoisotopic (exact) mass is 133 g/mol. The lowest BCUT2D eigenvalue weighted by atomic mass is 10.5. The van der Waals surface area contributed by atoms with E-state index in [1.807, 2.05) is 0 Å². The van der Waals surface area contributed by atoms with Crippen LogP contribution < -0.4 is 0 Å². The third-order valence-corrected chi connectivity index (χ3v) is 2.43. The summed E-state index contributed by atoms with van der Waals surface area (Å²) in [5, 5.41) is 1.30. The first-order valence-corrected chi connectivity index (χ1v) is 4.33. The van der Waals surface area contributed by atoms with E-state index < -0.39 is 0 Å². The molecule has 3 heteroatoms. The highest BCUT2D eigenvalue weighted by Crippen LogP contribution is 2.19. The molecule has 0 unspecified atom stereocenters. The molecule has 0 saturated heterocycles. The van der Waals surface area contributed by atoms with Crippen molar-refractivity contribution in [1.29, 1.82) is 0 Å². The second-order valence-corrected chi connectivity index (χ2v) is 3.00. The highest BCUT2D eigenvalue weighted by Gasteiger charge is 2.02. The largest absolute Gasteiger partial charge is 0.214 e. The van der Waals surface area contributed by atoms with Crippen molar-refractivity contribution in [2.45, 2.75) is 6.42 Å². The van der Waals surface area contributed by atoms with E-state index in [1.165, 1.54) is 17.2 Å². The molecule has 7 heavy (non-hydrogen) atoms. The number of thioether (sulfide) groups is 1. The summed E-state index contributed by atoms with van der Waals surface area (Å²) in [5.74, 6) is 1.19. The molecule has 1 rings (SSSR count). The van der Waals surface area contributed by atoms with E-state index >= 15 is 0 Å². The molecule has 0 aromatic rings. The number of rotatable bonds is 0. The minimum atomic E-state index is 1.19. The average Bonchev–Trinajstić information content (AvgIpc) is 2.14. The van der Waals surface area contributed by atoms with Gasteiger partial charge in [0.05, 0.1) is 5.04 Å². The smallest absolute Gasteiger partial charge is 0.0821 e. The van der Waals surface area contributed by atoms with Crippen LogP contribution in [0.1, 0.15) is 6.42 Å². The number of nitrogens with zero attached hydrogens (tertiary/aromatic N) is 1. The molecule has 0 N–H and O–H groups in total. The predicted molar refractivity (Wildman–Crippen MR) is 38.0 cm³/mol. The molecule has 0 fully saturated rings. The van der Waals surface area contributed by atoms with E-state index in [4.69, 9.17) is 0 Å². The Labute approximate surface area is 52.1 Å². The maximum atomic E-state index is 4.15. The first-order chi connectivity index (χ1) is 3.43. The standard InChI is InChI=1S/C4H7NS2/c1-6-4-2-3-7-5-4/h2-3H2,1H3. The van der Waals surface area contributed by atoms with Crippen LogP contribution in [0.3, 0.4) is 0 Å². The fraction of sp³-hybridized carbons (Fsp3) is 0.750. The lowest BCUT2D eigenvalue weighted by Gasteiger charge is -1.84. The Hall–Kier alpha value is 0.370. The van der Waals surface area contributed by atoms with Crippen molar-refractivity contribution in [2.75, 3.05) is 12.0 Å². The molecule has 1 aliphatic rings. The summed E-state index contributed by atoms with van der Waals surface area (Å²) < 4.78 is 4.15. The van der Waals surface area contributed by atoms with Gasteiger partial charge in [-0.05, 0) is 18.2 Å². The van der Waals surface area contributed by atoms with Crippen LogP contribution in [0.25, 0.3) is 0 Å². The molecule has 0 aromatic heterocycles. The van der Waals surface area contributed by atoms with E-state index in [9.17, 15) is 0 Å². The van der Waals surface area contributed by atoms with Gasteiger partial charge in [-0.25, -0.2) is 4.40 Å². The molecule has 0 radical (unpaired) electrons. The minimum Gasteiger partial charge on any atom is -0.214 e. The van der Waals surface area contributed by atoms with Crippen LogP contribution in [0.15, 0.2) is 4.40 Å². The third kappa shape index (κ3) is 1.39. The lowest BCUT2D eigenvalue weighted by Crippen LogP contribution is -1.82. The van der Waals surface area contributed by atoms with Gasteiger partial charge in [-0.2, -0.15) is 0 Å². The maximum Gasteiger partial charge on any atom is 0.0821 e. The molecule has 1 aliphatic heterocycles. The molecule has 0 spiro atoms. The van der Waals surface area contributed by atoms with Crippen molar-refractivity contribution < 1.29 is 0 Å². The van der Waals surface area contributed by atoms with Crippen molar-refractivity contribution in [3.8, 4) is 0 Å². The third-order valence-electron chi connectivity index (χ3n) is 0.809. The first-order valence-electron chi connectivity index (χ1n) is 2.16. The molecule has 0 atom stereocenters. The van der Waals surface area contributed by atoms with E-state index in [0.717, 1.165) is 0 Å². The Morgan fingerprint density at radius 1 is 1.86 bits per heavy atom. The number of hydrogen-bond donors (Lipinski definition) is 0.